The summed E-state index contributed by atoms with van der Waals surface area (Å²) in [5, 5.41) is 1.60. The van der Waals surface area contributed by atoms with Gasteiger partial charge in [-0.25, -0.2) is 0 Å². The van der Waals surface area contributed by atoms with E-state index in [0.717, 1.165) is 40.4 Å². The van der Waals surface area contributed by atoms with Gasteiger partial charge in [-0.05, 0) is 108 Å². The van der Waals surface area contributed by atoms with Crippen molar-refractivity contribution in [3.63, 3.8) is 0 Å². The van der Waals surface area contributed by atoms with Crippen molar-refractivity contribution >= 4 is 25.6 Å². The molecule has 3 aromatic carbocycles. The monoisotopic (exact) mass is 815 g/mol. The first-order valence-corrected chi connectivity index (χ1v) is 20.0. The number of halogens is 1. The predicted molar refractivity (Wildman–Crippen MR) is 216 cm³/mol. The van der Waals surface area contributed by atoms with Crippen LogP contribution in [-0.4, -0.2) is 42.8 Å². The maximum atomic E-state index is 6.92. The summed E-state index contributed by atoms with van der Waals surface area (Å²) in [5.41, 5.74) is 12.3. The summed E-state index contributed by atoms with van der Waals surface area (Å²) in [4.78, 5) is 0. The maximum absolute atomic E-state index is 6.92. The van der Waals surface area contributed by atoms with Crippen molar-refractivity contribution in [1.29, 1.82) is 0 Å². The van der Waals surface area contributed by atoms with Crippen molar-refractivity contribution < 1.29 is 34.6 Å². The van der Waals surface area contributed by atoms with Crippen molar-refractivity contribution in [2.45, 2.75) is 148 Å². The Morgan fingerprint density at radius 1 is 0.740 bits per heavy atom. The topological polar surface area (TPSA) is 51.5 Å². The average Bonchev–Trinajstić information content (AvgIpc) is 3.07. The summed E-state index contributed by atoms with van der Waals surface area (Å²) in [6.45, 7) is 15.0. The van der Waals surface area contributed by atoms with E-state index in [1.807, 2.05) is 45.0 Å². The van der Waals surface area contributed by atoms with Gasteiger partial charge in [-0.3, -0.25) is 0 Å². The molecule has 2 aliphatic rings. The normalized spacial score (nSPS) is 15.2. The molecule has 5 rings (SSSR count). The second-order valence-corrected chi connectivity index (χ2v) is 17.4. The van der Waals surface area contributed by atoms with Crippen molar-refractivity contribution in [3.8, 4) is 22.6 Å². The summed E-state index contributed by atoms with van der Waals surface area (Å²) >= 11 is 0. The zero-order valence-corrected chi connectivity index (χ0v) is 35.3. The molecule has 3 aromatic rings. The van der Waals surface area contributed by atoms with Gasteiger partial charge in [0.25, 0.3) is 0 Å². The molecule has 0 aromatic heterocycles. The van der Waals surface area contributed by atoms with Gasteiger partial charge >= 0.3 is 20.4 Å². The standard InChI is InChI=1S/C30H43O2P.C8H9N.C5H12O.ClH.Pd/c1-22(2)31-27-19-13-20-28(32-23(3)4)30(27)26-18-11-12-21-29(26)33(24-14-7-5-8-15-24)25-16-9-6-10-17-25;9-7-6-8-4-2-1-3-5-8;1-5(2,3)6-4;;/h11-13,18-25H,5-10,14-17H2,1-4H3;1-4,9H,6-7H2;1-4H3;1H;/q;-2;;;+2. The molecule has 2 fully saturated rings. The Kier molecular flexibility index (Phi) is 23.0. The summed E-state index contributed by atoms with van der Waals surface area (Å²) < 4.78 is 17.7. The molecule has 1 N–H and O–H groups in total. The van der Waals surface area contributed by atoms with E-state index in [0.29, 0.717) is 6.54 Å². The zero-order chi connectivity index (χ0) is 34.9. The molecule has 7 heteroatoms. The quantitative estimate of drug-likeness (QED) is 0.116. The molecule has 0 bridgehead atoms. The van der Waals surface area contributed by atoms with Crippen molar-refractivity contribution in [2.24, 2.45) is 0 Å². The molecule has 0 saturated heterocycles. The van der Waals surface area contributed by atoms with Crippen LogP contribution in [0.3, 0.4) is 0 Å². The third kappa shape index (κ3) is 16.1. The molecule has 50 heavy (non-hydrogen) atoms. The molecule has 2 saturated carbocycles. The van der Waals surface area contributed by atoms with Crippen LogP contribution in [0, 0.1) is 6.07 Å². The van der Waals surface area contributed by atoms with E-state index >= 15 is 0 Å². The first-order chi connectivity index (χ1) is 23.0. The average molecular weight is 817 g/mol. The minimum Gasteiger partial charge on any atom is -0.677 e. The van der Waals surface area contributed by atoms with Gasteiger partial charge in [0.05, 0.1) is 23.4 Å². The van der Waals surface area contributed by atoms with Crippen molar-refractivity contribution in [3.05, 3.63) is 84.1 Å². The fourth-order valence-corrected chi connectivity index (χ4v) is 10.5. The van der Waals surface area contributed by atoms with Gasteiger partial charge in [0.2, 0.25) is 0 Å². The molecule has 0 atom stereocenters. The van der Waals surface area contributed by atoms with Crippen LogP contribution in [0.15, 0.2) is 66.7 Å². The molecule has 282 valence electrons. The zero-order valence-electron chi connectivity index (χ0n) is 32.0. The maximum Gasteiger partial charge on any atom is 2.00 e. The Morgan fingerprint density at radius 3 is 1.64 bits per heavy atom. The molecule has 4 nitrogen and oxygen atoms in total. The Labute approximate surface area is 327 Å². The summed E-state index contributed by atoms with van der Waals surface area (Å²) in [5.74, 6) is 1.91. The number of nitrogens with one attached hydrogen (secondary N) is 1. The number of rotatable bonds is 10. The Hall–Kier alpha value is -1.44. The van der Waals surface area contributed by atoms with Crippen LogP contribution in [0.25, 0.3) is 16.9 Å². The van der Waals surface area contributed by atoms with E-state index < -0.39 is 0 Å². The van der Waals surface area contributed by atoms with Crippen LogP contribution in [0.4, 0.5) is 0 Å². The molecule has 2 aliphatic carbocycles. The molecular weight excluding hydrogens is 751 g/mol. The molecule has 0 amide bonds. The molecule has 0 radical (unpaired) electrons. The molecule has 0 spiro atoms. The van der Waals surface area contributed by atoms with E-state index in [1.54, 1.807) is 12.4 Å². The number of benzene rings is 3. The first kappa shape index (κ1) is 46.6. The van der Waals surface area contributed by atoms with Crippen LogP contribution < -0.4 is 14.8 Å². The Bertz CT molecular complexity index is 1260. The van der Waals surface area contributed by atoms with E-state index in [1.165, 1.54) is 69.8 Å². The SMILES string of the molecule is CC(C)Oc1cccc(OC(C)C)c1-c1ccccc1P(C1CCCCC1)C1CCCCC1.COC(C)(C)C.Cl.[NH-]CCc1[c-]cccc1.[Pd+2]. The van der Waals surface area contributed by atoms with Gasteiger partial charge in [0.1, 0.15) is 11.5 Å². The predicted octanol–water partition coefficient (Wildman–Crippen LogP) is 12.6. The molecule has 0 unspecified atom stereocenters. The molecular formula is C43H65ClNO3PPd. The largest absolute Gasteiger partial charge is 2.00 e. The fraction of sp³-hybridized carbons (Fsp3) is 0.581. The number of hydrogen-bond acceptors (Lipinski definition) is 3. The van der Waals surface area contributed by atoms with Gasteiger partial charge in [-0.2, -0.15) is 35.9 Å². The fourth-order valence-electron chi connectivity index (χ4n) is 6.52. The van der Waals surface area contributed by atoms with Gasteiger partial charge in [0, 0.05) is 7.11 Å². The third-order valence-electron chi connectivity index (χ3n) is 8.88. The molecule has 0 heterocycles. The van der Waals surface area contributed by atoms with Gasteiger partial charge in [0.15, 0.2) is 0 Å². The van der Waals surface area contributed by atoms with Crippen LogP contribution in [0.5, 0.6) is 11.5 Å². The van der Waals surface area contributed by atoms with Gasteiger partial charge < -0.3 is 19.9 Å². The summed E-state index contributed by atoms with van der Waals surface area (Å²) in [6.07, 6.45) is 15.2. The smallest absolute Gasteiger partial charge is 0.677 e. The minimum absolute atomic E-state index is 0. The minimum atomic E-state index is -0.213. The van der Waals surface area contributed by atoms with E-state index in [9.17, 15) is 0 Å². The van der Waals surface area contributed by atoms with Crippen LogP contribution in [-0.2, 0) is 31.6 Å². The Morgan fingerprint density at radius 2 is 1.22 bits per heavy atom. The molecule has 0 aliphatic heterocycles. The second kappa shape index (κ2) is 24.7. The van der Waals surface area contributed by atoms with Crippen LogP contribution in [0.2, 0.25) is 0 Å². The summed E-state index contributed by atoms with van der Waals surface area (Å²) in [7, 11) is 1.50. The van der Waals surface area contributed by atoms with Crippen molar-refractivity contribution in [1.82, 2.24) is 0 Å². The first-order valence-electron chi connectivity index (χ1n) is 18.5. The van der Waals surface area contributed by atoms with Crippen LogP contribution in [0.1, 0.15) is 118 Å². The third-order valence-corrected chi connectivity index (χ3v) is 12.4. The van der Waals surface area contributed by atoms with Crippen LogP contribution >= 0.6 is 20.3 Å². The second-order valence-electron chi connectivity index (χ2n) is 14.7. The van der Waals surface area contributed by atoms with E-state index in [-0.39, 0.29) is 58.6 Å². The Balaban J connectivity index is 0.000000613. The van der Waals surface area contributed by atoms with E-state index in [4.69, 9.17) is 19.9 Å². The summed E-state index contributed by atoms with van der Waals surface area (Å²) in [6, 6.07) is 26.4. The number of hydrogen-bond donors (Lipinski definition) is 0. The van der Waals surface area contributed by atoms with E-state index in [2.05, 4.69) is 76.2 Å². The number of methoxy groups -OCH3 is 1. The van der Waals surface area contributed by atoms with Gasteiger partial charge in [-0.15, -0.1) is 19.0 Å². The van der Waals surface area contributed by atoms with Gasteiger partial charge in [-0.1, -0.05) is 83.2 Å². The van der Waals surface area contributed by atoms with Crippen molar-refractivity contribution in [2.75, 3.05) is 13.7 Å². The number of ether oxygens (including phenoxy) is 3.